The molecular formula is C18H22NO6S2. The molecule has 0 saturated carbocycles. The molecular weight excluding hydrogens is 390 g/mol. The molecule has 0 unspecified atom stereocenters. The second-order valence-electron chi connectivity index (χ2n) is 6.10. The molecule has 147 valence electrons. The molecule has 2 aromatic rings. The zero-order chi connectivity index (χ0) is 20.2. The average Bonchev–Trinajstić information content (AvgIpc) is 2.60. The van der Waals surface area contributed by atoms with Crippen LogP contribution in [0.1, 0.15) is 12.0 Å². The normalized spacial score (nSPS) is 12.0. The van der Waals surface area contributed by atoms with Crippen molar-refractivity contribution in [3.8, 4) is 5.75 Å². The van der Waals surface area contributed by atoms with Gasteiger partial charge in [0.25, 0.3) is 10.0 Å². The fourth-order valence-corrected chi connectivity index (χ4v) is 5.28. The number of hydrogen-bond acceptors (Lipinski definition) is 5. The number of ether oxygens (including phenoxy) is 1. The SMILES string of the molecule is Cc1cc(OCCC[O])cc(N(C)S(=O)(=O)c2ccccc2S(C)(=O)=O)c1. The number of sulfonamides is 1. The highest BCUT2D eigenvalue weighted by Gasteiger charge is 2.28. The number of sulfone groups is 1. The van der Waals surface area contributed by atoms with E-state index in [0.717, 1.165) is 16.1 Å². The predicted octanol–water partition coefficient (Wildman–Crippen LogP) is 2.42. The van der Waals surface area contributed by atoms with Crippen molar-refractivity contribution in [1.29, 1.82) is 0 Å². The molecule has 0 saturated heterocycles. The Morgan fingerprint density at radius 2 is 1.63 bits per heavy atom. The van der Waals surface area contributed by atoms with Crippen LogP contribution in [0, 0.1) is 6.92 Å². The van der Waals surface area contributed by atoms with Gasteiger partial charge in [0.2, 0.25) is 0 Å². The van der Waals surface area contributed by atoms with Gasteiger partial charge < -0.3 is 4.74 Å². The van der Waals surface area contributed by atoms with E-state index in [0.29, 0.717) is 17.9 Å². The molecule has 0 amide bonds. The van der Waals surface area contributed by atoms with E-state index in [4.69, 9.17) is 4.74 Å². The molecule has 2 rings (SSSR count). The summed E-state index contributed by atoms with van der Waals surface area (Å²) >= 11 is 0. The minimum absolute atomic E-state index is 0.236. The Kier molecular flexibility index (Phi) is 6.50. The van der Waals surface area contributed by atoms with Crippen LogP contribution in [0.3, 0.4) is 0 Å². The molecule has 27 heavy (non-hydrogen) atoms. The molecule has 0 aliphatic rings. The average molecular weight is 413 g/mol. The van der Waals surface area contributed by atoms with Gasteiger partial charge in [-0.15, -0.1) is 0 Å². The highest BCUT2D eigenvalue weighted by atomic mass is 32.2. The monoisotopic (exact) mass is 412 g/mol. The van der Waals surface area contributed by atoms with E-state index in [9.17, 15) is 21.9 Å². The fourth-order valence-electron chi connectivity index (χ4n) is 2.50. The molecule has 0 fully saturated rings. The molecule has 0 aliphatic carbocycles. The molecule has 0 bridgehead atoms. The van der Waals surface area contributed by atoms with E-state index < -0.39 is 19.9 Å². The van der Waals surface area contributed by atoms with Crippen LogP contribution in [0.2, 0.25) is 0 Å². The summed E-state index contributed by atoms with van der Waals surface area (Å²) in [6.45, 7) is 1.77. The van der Waals surface area contributed by atoms with Crippen molar-refractivity contribution in [2.45, 2.75) is 23.1 Å². The van der Waals surface area contributed by atoms with Gasteiger partial charge in [-0.25, -0.2) is 21.9 Å². The summed E-state index contributed by atoms with van der Waals surface area (Å²) in [6.07, 6.45) is 1.31. The first-order valence-corrected chi connectivity index (χ1v) is 11.5. The second kappa shape index (κ2) is 8.28. The number of hydrogen-bond donors (Lipinski definition) is 0. The van der Waals surface area contributed by atoms with Crippen molar-refractivity contribution in [3.63, 3.8) is 0 Å². The molecule has 0 aromatic heterocycles. The van der Waals surface area contributed by atoms with Gasteiger partial charge in [-0.3, -0.25) is 4.31 Å². The second-order valence-corrected chi connectivity index (χ2v) is 10.0. The van der Waals surface area contributed by atoms with E-state index in [1.165, 1.54) is 31.3 Å². The van der Waals surface area contributed by atoms with Gasteiger partial charge in [0, 0.05) is 25.8 Å². The van der Waals surface area contributed by atoms with Crippen molar-refractivity contribution in [2.24, 2.45) is 0 Å². The number of nitrogens with zero attached hydrogens (tertiary/aromatic N) is 1. The maximum Gasteiger partial charge on any atom is 0.265 e. The Labute approximate surface area is 160 Å². The molecule has 2 aromatic carbocycles. The molecule has 0 aliphatic heterocycles. The first-order valence-electron chi connectivity index (χ1n) is 8.18. The number of rotatable bonds is 8. The lowest BCUT2D eigenvalue weighted by Crippen LogP contribution is -2.28. The van der Waals surface area contributed by atoms with Gasteiger partial charge >= 0.3 is 0 Å². The number of anilines is 1. The van der Waals surface area contributed by atoms with Crippen molar-refractivity contribution in [2.75, 3.05) is 30.8 Å². The van der Waals surface area contributed by atoms with Gasteiger partial charge in [-0.1, -0.05) is 12.1 Å². The van der Waals surface area contributed by atoms with Crippen molar-refractivity contribution < 1.29 is 26.7 Å². The van der Waals surface area contributed by atoms with Crippen molar-refractivity contribution in [3.05, 3.63) is 48.0 Å². The lowest BCUT2D eigenvalue weighted by molar-refractivity contribution is 0.165. The van der Waals surface area contributed by atoms with Gasteiger partial charge in [-0.2, -0.15) is 0 Å². The number of aryl methyl sites for hydroxylation is 1. The summed E-state index contributed by atoms with van der Waals surface area (Å²) in [5, 5.41) is 10.5. The zero-order valence-corrected chi connectivity index (χ0v) is 17.0. The van der Waals surface area contributed by atoms with Crippen LogP contribution in [0.25, 0.3) is 0 Å². The Balaban J connectivity index is 2.47. The van der Waals surface area contributed by atoms with Crippen LogP contribution in [0.4, 0.5) is 5.69 Å². The smallest absolute Gasteiger partial charge is 0.265 e. The Hall–Kier alpha value is -2.10. The van der Waals surface area contributed by atoms with Crippen LogP contribution in [-0.4, -0.2) is 43.4 Å². The Morgan fingerprint density at radius 1 is 1.00 bits per heavy atom. The van der Waals surface area contributed by atoms with Gasteiger partial charge in [-0.05, 0) is 36.8 Å². The maximum absolute atomic E-state index is 13.1. The summed E-state index contributed by atoms with van der Waals surface area (Å²) in [5.41, 5.74) is 1.10. The predicted molar refractivity (Wildman–Crippen MR) is 102 cm³/mol. The molecule has 0 spiro atoms. The fraction of sp³-hybridized carbons (Fsp3) is 0.333. The summed E-state index contributed by atoms with van der Waals surface area (Å²) < 4.78 is 56.6. The standard InChI is InChI=1S/C18H22NO6S2/c1-14-11-15(13-16(12-14)25-10-6-9-20)19(2)27(23,24)18-8-5-4-7-17(18)26(3,21)22/h4-5,7-8,11-13H,6,9-10H2,1-3H3. The Bertz CT molecular complexity index is 1020. The molecule has 0 N–H and O–H groups in total. The lowest BCUT2D eigenvalue weighted by Gasteiger charge is -2.22. The highest BCUT2D eigenvalue weighted by Crippen LogP contribution is 2.30. The summed E-state index contributed by atoms with van der Waals surface area (Å²) in [4.78, 5) is -0.540. The highest BCUT2D eigenvalue weighted by molar-refractivity contribution is 7.95. The minimum Gasteiger partial charge on any atom is -0.493 e. The van der Waals surface area contributed by atoms with Crippen LogP contribution in [-0.2, 0) is 25.0 Å². The third kappa shape index (κ3) is 5.00. The first-order chi connectivity index (χ1) is 12.6. The largest absolute Gasteiger partial charge is 0.493 e. The quantitative estimate of drug-likeness (QED) is 0.620. The maximum atomic E-state index is 13.1. The molecule has 0 heterocycles. The van der Waals surface area contributed by atoms with E-state index in [2.05, 4.69) is 0 Å². The van der Waals surface area contributed by atoms with E-state index in [1.54, 1.807) is 25.1 Å². The van der Waals surface area contributed by atoms with Gasteiger partial charge in [0.15, 0.2) is 9.84 Å². The van der Waals surface area contributed by atoms with Crippen molar-refractivity contribution in [1.82, 2.24) is 0 Å². The van der Waals surface area contributed by atoms with Crippen LogP contribution in [0.5, 0.6) is 5.75 Å². The zero-order valence-electron chi connectivity index (χ0n) is 15.4. The van der Waals surface area contributed by atoms with Crippen molar-refractivity contribution >= 4 is 25.5 Å². The van der Waals surface area contributed by atoms with Crippen LogP contribution in [0.15, 0.2) is 52.3 Å². The van der Waals surface area contributed by atoms with Crippen LogP contribution < -0.4 is 9.04 Å². The lowest BCUT2D eigenvalue weighted by atomic mass is 10.2. The van der Waals surface area contributed by atoms with E-state index in [1.807, 2.05) is 0 Å². The van der Waals surface area contributed by atoms with E-state index >= 15 is 0 Å². The van der Waals surface area contributed by atoms with Gasteiger partial charge in [0.1, 0.15) is 10.6 Å². The third-order valence-electron chi connectivity index (χ3n) is 3.84. The first kappa shape index (κ1) is 21.2. The van der Waals surface area contributed by atoms with Gasteiger partial charge in [0.05, 0.1) is 23.8 Å². The molecule has 7 nitrogen and oxygen atoms in total. The molecule has 1 radical (unpaired) electrons. The number of benzene rings is 2. The van der Waals surface area contributed by atoms with Crippen LogP contribution >= 0.6 is 0 Å². The molecule has 0 atom stereocenters. The summed E-state index contributed by atoms with van der Waals surface area (Å²) in [6, 6.07) is 10.4. The minimum atomic E-state index is -4.12. The molecule has 9 heteroatoms. The third-order valence-corrected chi connectivity index (χ3v) is 6.97. The Morgan fingerprint density at radius 3 is 2.22 bits per heavy atom. The topological polar surface area (TPSA) is 101 Å². The summed E-state index contributed by atoms with van der Waals surface area (Å²) in [7, 11) is -6.49. The van der Waals surface area contributed by atoms with E-state index in [-0.39, 0.29) is 23.0 Å². The summed E-state index contributed by atoms with van der Waals surface area (Å²) in [5.74, 6) is 0.442.